The Hall–Kier alpha value is -1.04. The van der Waals surface area contributed by atoms with E-state index in [1.54, 1.807) is 12.3 Å². The first-order valence-electron chi connectivity index (χ1n) is 6.46. The number of ether oxygens (including phenoxy) is 1. The number of hydrogen-bond acceptors (Lipinski definition) is 4. The molecular formula is C13H18FN3O. The minimum atomic E-state index is -0.422. The van der Waals surface area contributed by atoms with Crippen molar-refractivity contribution in [2.24, 2.45) is 5.73 Å². The van der Waals surface area contributed by atoms with Crippen LogP contribution >= 0.6 is 0 Å². The van der Waals surface area contributed by atoms with Crippen molar-refractivity contribution in [1.29, 1.82) is 0 Å². The van der Waals surface area contributed by atoms with Gasteiger partial charge in [0.2, 0.25) is 0 Å². The zero-order valence-electron chi connectivity index (χ0n) is 10.3. The van der Waals surface area contributed by atoms with E-state index in [0.717, 1.165) is 13.1 Å². The molecule has 4 nitrogen and oxygen atoms in total. The summed E-state index contributed by atoms with van der Waals surface area (Å²) in [4.78, 5) is 6.15. The third kappa shape index (κ3) is 2.13. The number of morpholine rings is 1. The zero-order valence-corrected chi connectivity index (χ0v) is 10.3. The lowest BCUT2D eigenvalue weighted by molar-refractivity contribution is -0.0601. The molecule has 0 saturated carbocycles. The van der Waals surface area contributed by atoms with E-state index in [2.05, 4.69) is 9.88 Å². The fraction of sp³-hybridized carbons (Fsp3) is 0.615. The molecule has 1 aromatic rings. The van der Waals surface area contributed by atoms with E-state index >= 15 is 0 Å². The van der Waals surface area contributed by atoms with Crippen molar-refractivity contribution in [2.45, 2.75) is 31.0 Å². The Balaban J connectivity index is 1.73. The second kappa shape index (κ2) is 4.91. The average Bonchev–Trinajstić information content (AvgIpc) is 2.85. The van der Waals surface area contributed by atoms with Gasteiger partial charge in [-0.2, -0.15) is 0 Å². The highest BCUT2D eigenvalue weighted by molar-refractivity contribution is 5.18. The molecule has 2 fully saturated rings. The highest BCUT2D eigenvalue weighted by Crippen LogP contribution is 2.28. The van der Waals surface area contributed by atoms with Gasteiger partial charge in [-0.15, -0.1) is 0 Å². The molecule has 2 aliphatic heterocycles. The quantitative estimate of drug-likeness (QED) is 0.854. The molecule has 0 bridgehead atoms. The Morgan fingerprint density at radius 2 is 2.44 bits per heavy atom. The third-order valence-corrected chi connectivity index (χ3v) is 3.98. The summed E-state index contributed by atoms with van der Waals surface area (Å²) < 4.78 is 19.5. The highest BCUT2D eigenvalue weighted by Gasteiger charge is 2.35. The molecule has 18 heavy (non-hydrogen) atoms. The molecule has 1 aromatic heterocycles. The van der Waals surface area contributed by atoms with E-state index in [0.29, 0.717) is 18.2 Å². The molecule has 3 atom stereocenters. The van der Waals surface area contributed by atoms with Crippen LogP contribution in [-0.2, 0) is 4.74 Å². The first kappa shape index (κ1) is 12.0. The van der Waals surface area contributed by atoms with Gasteiger partial charge in [-0.3, -0.25) is 9.88 Å². The van der Waals surface area contributed by atoms with E-state index < -0.39 is 6.04 Å². The number of halogens is 1. The summed E-state index contributed by atoms with van der Waals surface area (Å²) in [7, 11) is 0. The van der Waals surface area contributed by atoms with Crippen LogP contribution in [0.5, 0.6) is 0 Å². The summed E-state index contributed by atoms with van der Waals surface area (Å²) in [5.74, 6) is -0.350. The predicted molar refractivity (Wildman–Crippen MR) is 65.5 cm³/mol. The first-order chi connectivity index (χ1) is 8.75. The number of pyridine rings is 1. The zero-order chi connectivity index (χ0) is 12.5. The molecule has 5 heteroatoms. The number of fused-ring (bicyclic) bond motifs is 1. The van der Waals surface area contributed by atoms with Gasteiger partial charge in [-0.05, 0) is 25.5 Å². The topological polar surface area (TPSA) is 51.4 Å². The second-order valence-corrected chi connectivity index (χ2v) is 5.09. The molecule has 2 N–H and O–H groups in total. The third-order valence-electron chi connectivity index (χ3n) is 3.98. The van der Waals surface area contributed by atoms with Crippen molar-refractivity contribution in [1.82, 2.24) is 9.88 Å². The molecule has 2 saturated heterocycles. The van der Waals surface area contributed by atoms with Gasteiger partial charge in [-0.1, -0.05) is 0 Å². The molecule has 0 aliphatic carbocycles. The number of rotatable bonds is 2. The lowest BCUT2D eigenvalue weighted by Crippen LogP contribution is -2.49. The summed E-state index contributed by atoms with van der Waals surface area (Å²) in [5, 5.41) is 0. The van der Waals surface area contributed by atoms with Crippen molar-refractivity contribution in [3.05, 3.63) is 29.8 Å². The van der Waals surface area contributed by atoms with Crippen molar-refractivity contribution < 1.29 is 9.13 Å². The molecule has 0 radical (unpaired) electrons. The van der Waals surface area contributed by atoms with Crippen LogP contribution in [0.2, 0.25) is 0 Å². The maximum absolute atomic E-state index is 13.7. The van der Waals surface area contributed by atoms with Crippen LogP contribution in [0.1, 0.15) is 24.4 Å². The van der Waals surface area contributed by atoms with Crippen molar-refractivity contribution >= 4 is 0 Å². The maximum atomic E-state index is 13.7. The van der Waals surface area contributed by atoms with Crippen LogP contribution in [0.25, 0.3) is 0 Å². The van der Waals surface area contributed by atoms with Gasteiger partial charge in [0.05, 0.1) is 24.9 Å². The second-order valence-electron chi connectivity index (χ2n) is 5.09. The van der Waals surface area contributed by atoms with E-state index in [4.69, 9.17) is 10.5 Å². The molecule has 0 aromatic carbocycles. The summed E-state index contributed by atoms with van der Waals surface area (Å²) >= 11 is 0. The Morgan fingerprint density at radius 3 is 3.28 bits per heavy atom. The van der Waals surface area contributed by atoms with Gasteiger partial charge in [0.1, 0.15) is 5.82 Å². The Morgan fingerprint density at radius 1 is 1.56 bits per heavy atom. The average molecular weight is 251 g/mol. The molecule has 0 spiro atoms. The number of hydrogen-bond donors (Lipinski definition) is 1. The maximum Gasteiger partial charge on any atom is 0.146 e. The molecule has 0 amide bonds. The fourth-order valence-electron chi connectivity index (χ4n) is 2.92. The van der Waals surface area contributed by atoms with Crippen LogP contribution in [0, 0.1) is 5.82 Å². The number of aromatic nitrogens is 1. The SMILES string of the molecule is NC(c1ccncc1F)C1CN2CCCC2CO1. The fourth-order valence-corrected chi connectivity index (χ4v) is 2.92. The van der Waals surface area contributed by atoms with Gasteiger partial charge in [0.25, 0.3) is 0 Å². The largest absolute Gasteiger partial charge is 0.373 e. The van der Waals surface area contributed by atoms with Crippen molar-refractivity contribution in [3.63, 3.8) is 0 Å². The molecule has 3 unspecified atom stereocenters. The van der Waals surface area contributed by atoms with Crippen LogP contribution in [0.3, 0.4) is 0 Å². The highest BCUT2D eigenvalue weighted by atomic mass is 19.1. The van der Waals surface area contributed by atoms with Gasteiger partial charge in [-0.25, -0.2) is 4.39 Å². The minimum absolute atomic E-state index is 0.128. The molecule has 98 valence electrons. The van der Waals surface area contributed by atoms with Gasteiger partial charge in [0.15, 0.2) is 0 Å². The lowest BCUT2D eigenvalue weighted by Gasteiger charge is -2.37. The van der Waals surface area contributed by atoms with Crippen molar-refractivity contribution in [3.8, 4) is 0 Å². The van der Waals surface area contributed by atoms with Gasteiger partial charge >= 0.3 is 0 Å². The smallest absolute Gasteiger partial charge is 0.146 e. The lowest BCUT2D eigenvalue weighted by atomic mass is 10.0. The monoisotopic (exact) mass is 251 g/mol. The van der Waals surface area contributed by atoms with Crippen LogP contribution < -0.4 is 5.73 Å². The summed E-state index contributed by atoms with van der Waals surface area (Å²) in [6.07, 6.45) is 5.07. The summed E-state index contributed by atoms with van der Waals surface area (Å²) in [6.45, 7) is 2.62. The van der Waals surface area contributed by atoms with Gasteiger partial charge in [0, 0.05) is 24.3 Å². The minimum Gasteiger partial charge on any atom is -0.373 e. The number of nitrogens with zero attached hydrogens (tertiary/aromatic N) is 2. The van der Waals surface area contributed by atoms with Crippen LogP contribution in [0.15, 0.2) is 18.5 Å². The van der Waals surface area contributed by atoms with Crippen LogP contribution in [0.4, 0.5) is 4.39 Å². The predicted octanol–water partition coefficient (Wildman–Crippen LogP) is 1.08. The normalized spacial score (nSPS) is 30.1. The van der Waals surface area contributed by atoms with Crippen LogP contribution in [-0.4, -0.2) is 41.7 Å². The van der Waals surface area contributed by atoms with E-state index in [1.807, 2.05) is 0 Å². The molecule has 2 aliphatic rings. The standard InChI is InChI=1S/C13H18FN3O/c14-11-6-16-4-3-10(11)13(15)12-7-17-5-1-2-9(17)8-18-12/h3-4,6,9,12-13H,1-2,5,7-8,15H2. The van der Waals surface area contributed by atoms with Crippen molar-refractivity contribution in [2.75, 3.05) is 19.7 Å². The molecule has 3 rings (SSSR count). The van der Waals surface area contributed by atoms with E-state index in [-0.39, 0.29) is 11.9 Å². The summed E-state index contributed by atoms with van der Waals surface area (Å²) in [6, 6.07) is 1.75. The Labute approximate surface area is 106 Å². The summed E-state index contributed by atoms with van der Waals surface area (Å²) in [5.41, 5.74) is 6.63. The Kier molecular flexibility index (Phi) is 3.28. The molecule has 3 heterocycles. The van der Waals surface area contributed by atoms with E-state index in [1.165, 1.54) is 19.0 Å². The molecular weight excluding hydrogens is 233 g/mol. The van der Waals surface area contributed by atoms with Gasteiger partial charge < -0.3 is 10.5 Å². The van der Waals surface area contributed by atoms with E-state index in [9.17, 15) is 4.39 Å². The Bertz CT molecular complexity index is 428. The first-order valence-corrected chi connectivity index (χ1v) is 6.46. The number of nitrogens with two attached hydrogens (primary N) is 1.